The fraction of sp³-hybridized carbons (Fsp3) is 1.00. The van der Waals surface area contributed by atoms with Gasteiger partial charge in [0, 0.05) is 43.8 Å². The Kier molecular flexibility index (Phi) is 3.99. The Bertz CT molecular complexity index is 356. The topological polar surface area (TPSA) is 33.7 Å². The van der Waals surface area contributed by atoms with Crippen LogP contribution < -0.4 is 5.32 Å². The highest BCUT2D eigenvalue weighted by Crippen LogP contribution is 2.36. The molecule has 0 amide bonds. The zero-order valence-corrected chi connectivity index (χ0v) is 13.4. The minimum atomic E-state index is 0.0389. The van der Waals surface area contributed by atoms with Crippen LogP contribution in [-0.2, 0) is 9.47 Å². The van der Waals surface area contributed by atoms with Crippen molar-refractivity contribution in [2.45, 2.75) is 81.1 Å². The van der Waals surface area contributed by atoms with Gasteiger partial charge < -0.3 is 19.7 Å². The van der Waals surface area contributed by atoms with Crippen molar-refractivity contribution in [1.82, 2.24) is 10.2 Å². The van der Waals surface area contributed by atoms with E-state index in [1.54, 1.807) is 0 Å². The van der Waals surface area contributed by atoms with Gasteiger partial charge in [-0.3, -0.25) is 0 Å². The van der Waals surface area contributed by atoms with E-state index in [0.717, 1.165) is 50.8 Å². The summed E-state index contributed by atoms with van der Waals surface area (Å²) >= 11 is 0. The molecule has 4 heteroatoms. The summed E-state index contributed by atoms with van der Waals surface area (Å²) in [4.78, 5) is 2.65. The number of piperidine rings is 2. The molecule has 1 N–H and O–H groups in total. The number of rotatable bonds is 2. The zero-order chi connectivity index (χ0) is 14.3. The summed E-state index contributed by atoms with van der Waals surface area (Å²) in [5.41, 5.74) is 0.0389. The Hall–Kier alpha value is -0.160. The van der Waals surface area contributed by atoms with Crippen molar-refractivity contribution in [3.05, 3.63) is 0 Å². The van der Waals surface area contributed by atoms with E-state index in [9.17, 15) is 0 Å². The van der Waals surface area contributed by atoms with Gasteiger partial charge in [-0.15, -0.1) is 0 Å². The van der Waals surface area contributed by atoms with Crippen LogP contribution in [0.2, 0.25) is 0 Å². The monoisotopic (exact) mass is 294 g/mol. The number of hydrogen-bond donors (Lipinski definition) is 1. The van der Waals surface area contributed by atoms with E-state index >= 15 is 0 Å². The predicted molar refractivity (Wildman–Crippen MR) is 82.5 cm³/mol. The molecule has 4 saturated heterocycles. The maximum absolute atomic E-state index is 6.06. The third kappa shape index (κ3) is 2.88. The molecule has 2 bridgehead atoms. The Morgan fingerprint density at radius 3 is 2.57 bits per heavy atom. The number of hydrogen-bond acceptors (Lipinski definition) is 4. The summed E-state index contributed by atoms with van der Waals surface area (Å²) in [7, 11) is 2.34. The van der Waals surface area contributed by atoms with Crippen molar-refractivity contribution < 1.29 is 9.47 Å². The Balaban J connectivity index is 1.35. The van der Waals surface area contributed by atoms with Gasteiger partial charge in [0.25, 0.3) is 0 Å². The third-order valence-corrected chi connectivity index (χ3v) is 6.37. The van der Waals surface area contributed by atoms with Gasteiger partial charge in [-0.05, 0) is 45.6 Å². The van der Waals surface area contributed by atoms with E-state index in [-0.39, 0.29) is 5.60 Å². The van der Waals surface area contributed by atoms with Crippen LogP contribution in [0, 0.1) is 0 Å². The lowest BCUT2D eigenvalue weighted by Gasteiger charge is -2.48. The van der Waals surface area contributed by atoms with E-state index in [4.69, 9.17) is 9.47 Å². The molecule has 4 atom stereocenters. The van der Waals surface area contributed by atoms with Crippen LogP contribution in [0.15, 0.2) is 0 Å². The maximum Gasteiger partial charge on any atom is 0.0951 e. The first-order valence-electron chi connectivity index (χ1n) is 8.94. The molecular formula is C17H30N2O2. The van der Waals surface area contributed by atoms with Gasteiger partial charge >= 0.3 is 0 Å². The van der Waals surface area contributed by atoms with Crippen molar-refractivity contribution in [2.24, 2.45) is 0 Å². The molecule has 0 aromatic rings. The standard InChI is InChI=1S/C17H30N2O2/c1-19-15-3-2-4-16(19)10-14(9-15)18-13-5-7-21-17(11-13)6-8-20-12-17/h13-16,18H,2-12H2,1H3. The summed E-state index contributed by atoms with van der Waals surface area (Å²) < 4.78 is 11.7. The Labute approximate surface area is 128 Å². The van der Waals surface area contributed by atoms with Gasteiger partial charge in [-0.25, -0.2) is 0 Å². The van der Waals surface area contributed by atoms with Gasteiger partial charge in [0.05, 0.1) is 12.2 Å². The van der Waals surface area contributed by atoms with Crippen molar-refractivity contribution in [2.75, 3.05) is 26.9 Å². The highest BCUT2D eigenvalue weighted by atomic mass is 16.6. The second kappa shape index (κ2) is 5.80. The van der Waals surface area contributed by atoms with Gasteiger partial charge in [0.1, 0.15) is 0 Å². The van der Waals surface area contributed by atoms with Gasteiger partial charge in [-0.1, -0.05) is 6.42 Å². The Morgan fingerprint density at radius 2 is 1.86 bits per heavy atom. The molecule has 120 valence electrons. The second-order valence-electron chi connectivity index (χ2n) is 7.76. The van der Waals surface area contributed by atoms with E-state index in [2.05, 4.69) is 17.3 Å². The number of ether oxygens (including phenoxy) is 2. The molecule has 4 aliphatic rings. The van der Waals surface area contributed by atoms with Crippen molar-refractivity contribution in [3.8, 4) is 0 Å². The fourth-order valence-electron chi connectivity index (χ4n) is 5.12. The van der Waals surface area contributed by atoms with Crippen LogP contribution in [0.25, 0.3) is 0 Å². The van der Waals surface area contributed by atoms with Gasteiger partial charge in [0.2, 0.25) is 0 Å². The first-order chi connectivity index (χ1) is 10.2. The van der Waals surface area contributed by atoms with Crippen LogP contribution in [0.1, 0.15) is 51.4 Å². The molecule has 4 fully saturated rings. The van der Waals surface area contributed by atoms with Crippen LogP contribution in [0.4, 0.5) is 0 Å². The average Bonchev–Trinajstić information content (AvgIpc) is 2.88. The van der Waals surface area contributed by atoms with Crippen molar-refractivity contribution in [1.29, 1.82) is 0 Å². The molecule has 1 spiro atoms. The van der Waals surface area contributed by atoms with Crippen LogP contribution in [0.3, 0.4) is 0 Å². The summed E-state index contributed by atoms with van der Waals surface area (Å²) in [6.07, 6.45) is 10.3. The van der Waals surface area contributed by atoms with Gasteiger partial charge in [0.15, 0.2) is 0 Å². The lowest BCUT2D eigenvalue weighted by atomic mass is 9.81. The molecule has 0 aliphatic carbocycles. The predicted octanol–water partition coefficient (Wildman–Crippen LogP) is 1.93. The second-order valence-corrected chi connectivity index (χ2v) is 7.76. The van der Waals surface area contributed by atoms with Crippen LogP contribution in [0.5, 0.6) is 0 Å². The lowest BCUT2D eigenvalue weighted by Crippen LogP contribution is -2.57. The molecule has 21 heavy (non-hydrogen) atoms. The minimum absolute atomic E-state index is 0.0389. The largest absolute Gasteiger partial charge is 0.378 e. The molecule has 4 unspecified atom stereocenters. The Morgan fingerprint density at radius 1 is 1.05 bits per heavy atom. The highest BCUT2D eigenvalue weighted by Gasteiger charge is 2.42. The molecule has 0 aromatic carbocycles. The van der Waals surface area contributed by atoms with Crippen molar-refractivity contribution >= 4 is 0 Å². The summed E-state index contributed by atoms with van der Waals surface area (Å²) in [5, 5.41) is 4.00. The number of nitrogens with zero attached hydrogens (tertiary/aromatic N) is 1. The number of fused-ring (bicyclic) bond motifs is 2. The summed E-state index contributed by atoms with van der Waals surface area (Å²) in [6.45, 7) is 2.59. The van der Waals surface area contributed by atoms with E-state index < -0.39 is 0 Å². The molecule has 0 saturated carbocycles. The van der Waals surface area contributed by atoms with Crippen LogP contribution >= 0.6 is 0 Å². The summed E-state index contributed by atoms with van der Waals surface area (Å²) in [5.74, 6) is 0. The van der Waals surface area contributed by atoms with E-state index in [0.29, 0.717) is 6.04 Å². The first kappa shape index (κ1) is 14.4. The molecule has 0 radical (unpaired) electrons. The molecule has 4 rings (SSSR count). The zero-order valence-electron chi connectivity index (χ0n) is 13.4. The molecular weight excluding hydrogens is 264 g/mol. The normalized spacial score (nSPS) is 47.9. The first-order valence-corrected chi connectivity index (χ1v) is 8.94. The van der Waals surface area contributed by atoms with Crippen LogP contribution in [-0.4, -0.2) is 61.5 Å². The fourth-order valence-corrected chi connectivity index (χ4v) is 5.12. The number of nitrogens with one attached hydrogen (secondary N) is 1. The van der Waals surface area contributed by atoms with E-state index in [1.165, 1.54) is 38.5 Å². The lowest BCUT2D eigenvalue weighted by molar-refractivity contribution is -0.0919. The van der Waals surface area contributed by atoms with Gasteiger partial charge in [-0.2, -0.15) is 0 Å². The average molecular weight is 294 g/mol. The third-order valence-electron chi connectivity index (χ3n) is 6.37. The highest BCUT2D eigenvalue weighted by molar-refractivity contribution is 4.97. The smallest absolute Gasteiger partial charge is 0.0951 e. The summed E-state index contributed by atoms with van der Waals surface area (Å²) in [6, 6.07) is 2.99. The van der Waals surface area contributed by atoms with Crippen molar-refractivity contribution in [3.63, 3.8) is 0 Å². The minimum Gasteiger partial charge on any atom is -0.378 e. The maximum atomic E-state index is 6.06. The quantitative estimate of drug-likeness (QED) is 0.844. The molecule has 4 aliphatic heterocycles. The van der Waals surface area contributed by atoms with E-state index in [1.807, 2.05) is 0 Å². The molecule has 0 aromatic heterocycles. The molecule has 4 nitrogen and oxygen atoms in total. The SMILES string of the molecule is CN1C2CCCC1CC(NC1CCOC3(CCOC3)C1)C2. The molecule has 4 heterocycles.